The molecule has 26 heavy (non-hydrogen) atoms. The predicted molar refractivity (Wildman–Crippen MR) is 105 cm³/mol. The van der Waals surface area contributed by atoms with Crippen LogP contribution in [0.25, 0.3) is 10.4 Å². The van der Waals surface area contributed by atoms with Crippen molar-refractivity contribution >= 4 is 22.5 Å². The number of carbonyl (C=O) groups excluding carboxylic acids is 1. The van der Waals surface area contributed by atoms with Crippen molar-refractivity contribution in [1.82, 2.24) is 10.3 Å². The van der Waals surface area contributed by atoms with Crippen LogP contribution in [-0.4, -0.2) is 28.8 Å². The average Bonchev–Trinajstić information content (AvgIpc) is 3.15. The van der Waals surface area contributed by atoms with E-state index in [9.17, 15) is 9.90 Å². The summed E-state index contributed by atoms with van der Waals surface area (Å²) in [7, 11) is 0. The van der Waals surface area contributed by atoms with Gasteiger partial charge in [0.25, 0.3) is 0 Å². The van der Waals surface area contributed by atoms with Gasteiger partial charge in [0.2, 0.25) is 0 Å². The van der Waals surface area contributed by atoms with Crippen molar-refractivity contribution in [2.45, 2.75) is 18.9 Å². The molecule has 5 nitrogen and oxygen atoms in total. The molecule has 0 spiro atoms. The van der Waals surface area contributed by atoms with Crippen LogP contribution < -0.4 is 10.6 Å². The van der Waals surface area contributed by atoms with E-state index in [0.29, 0.717) is 5.13 Å². The van der Waals surface area contributed by atoms with E-state index in [1.807, 2.05) is 67.6 Å². The molecule has 1 aromatic heterocycles. The number of aliphatic hydroxyl groups is 1. The highest BCUT2D eigenvalue weighted by Gasteiger charge is 2.20. The van der Waals surface area contributed by atoms with Gasteiger partial charge in [-0.05, 0) is 11.1 Å². The van der Waals surface area contributed by atoms with Crippen molar-refractivity contribution < 1.29 is 9.90 Å². The van der Waals surface area contributed by atoms with Crippen LogP contribution in [0.15, 0.2) is 66.9 Å². The summed E-state index contributed by atoms with van der Waals surface area (Å²) in [4.78, 5) is 17.5. The number of hydrogen-bond acceptors (Lipinski definition) is 4. The first-order valence-corrected chi connectivity index (χ1v) is 9.23. The SMILES string of the molecule is CC(c1ccccc1)C(CO)NC(=O)Nc1ncc(-c2ccccc2)s1. The normalized spacial score (nSPS) is 13.0. The van der Waals surface area contributed by atoms with E-state index in [-0.39, 0.29) is 24.6 Å². The molecule has 3 N–H and O–H groups in total. The van der Waals surface area contributed by atoms with Crippen molar-refractivity contribution in [2.75, 3.05) is 11.9 Å². The lowest BCUT2D eigenvalue weighted by Crippen LogP contribution is -2.43. The molecule has 0 bridgehead atoms. The molecular formula is C20H21N3O2S. The van der Waals surface area contributed by atoms with Crippen LogP contribution in [0.4, 0.5) is 9.93 Å². The largest absolute Gasteiger partial charge is 0.394 e. The van der Waals surface area contributed by atoms with E-state index in [2.05, 4.69) is 15.6 Å². The molecule has 3 rings (SSSR count). The zero-order valence-electron chi connectivity index (χ0n) is 14.4. The average molecular weight is 367 g/mol. The highest BCUT2D eigenvalue weighted by molar-refractivity contribution is 7.19. The van der Waals surface area contributed by atoms with Crippen LogP contribution >= 0.6 is 11.3 Å². The zero-order chi connectivity index (χ0) is 18.4. The van der Waals surface area contributed by atoms with Gasteiger partial charge in [0.05, 0.1) is 17.5 Å². The number of hydrogen-bond donors (Lipinski definition) is 3. The van der Waals surface area contributed by atoms with Crippen LogP contribution in [0.3, 0.4) is 0 Å². The van der Waals surface area contributed by atoms with Gasteiger partial charge in [-0.1, -0.05) is 78.9 Å². The Labute approximate surface area is 156 Å². The molecule has 134 valence electrons. The Morgan fingerprint density at radius 2 is 1.77 bits per heavy atom. The molecule has 0 radical (unpaired) electrons. The molecule has 0 aliphatic rings. The van der Waals surface area contributed by atoms with Crippen molar-refractivity contribution in [2.24, 2.45) is 0 Å². The third kappa shape index (κ3) is 4.47. The summed E-state index contributed by atoms with van der Waals surface area (Å²) in [6.45, 7) is 1.84. The molecule has 0 aliphatic heterocycles. The van der Waals surface area contributed by atoms with Gasteiger partial charge < -0.3 is 10.4 Å². The second-order valence-electron chi connectivity index (χ2n) is 5.98. The van der Waals surface area contributed by atoms with E-state index >= 15 is 0 Å². The monoisotopic (exact) mass is 367 g/mol. The minimum absolute atomic E-state index is 0.0110. The number of aliphatic hydroxyl groups excluding tert-OH is 1. The van der Waals surface area contributed by atoms with Crippen LogP contribution in [0, 0.1) is 0 Å². The first-order chi connectivity index (χ1) is 12.7. The molecule has 2 amide bonds. The number of anilines is 1. The Morgan fingerprint density at radius 3 is 2.42 bits per heavy atom. The third-order valence-corrected chi connectivity index (χ3v) is 5.19. The van der Waals surface area contributed by atoms with Crippen molar-refractivity contribution in [3.05, 3.63) is 72.4 Å². The number of thiazole rings is 1. The van der Waals surface area contributed by atoms with E-state index in [0.717, 1.165) is 16.0 Å². The summed E-state index contributed by atoms with van der Waals surface area (Å²) in [6, 6.07) is 18.9. The summed E-state index contributed by atoms with van der Waals surface area (Å²) < 4.78 is 0. The van der Waals surface area contributed by atoms with Gasteiger partial charge in [0.15, 0.2) is 5.13 Å². The molecule has 0 aliphatic carbocycles. The standard InChI is InChI=1S/C20H21N3O2S/c1-14(15-8-4-2-5-9-15)17(13-24)22-19(25)23-20-21-12-18(26-20)16-10-6-3-7-11-16/h2-12,14,17,24H,13H2,1H3,(H2,21,22,23,25). The number of urea groups is 1. The van der Waals surface area contributed by atoms with E-state index in [4.69, 9.17) is 0 Å². The lowest BCUT2D eigenvalue weighted by atomic mass is 9.94. The van der Waals surface area contributed by atoms with Crippen LogP contribution in [0.2, 0.25) is 0 Å². The van der Waals surface area contributed by atoms with Gasteiger partial charge in [0.1, 0.15) is 0 Å². The van der Waals surface area contributed by atoms with Gasteiger partial charge in [0, 0.05) is 12.1 Å². The minimum Gasteiger partial charge on any atom is -0.394 e. The van der Waals surface area contributed by atoms with Gasteiger partial charge in [-0.15, -0.1) is 0 Å². The summed E-state index contributed by atoms with van der Waals surface area (Å²) in [5.41, 5.74) is 2.12. The topological polar surface area (TPSA) is 74.2 Å². The maximum atomic E-state index is 12.3. The first-order valence-electron chi connectivity index (χ1n) is 8.42. The second kappa shape index (κ2) is 8.60. The molecule has 2 aromatic carbocycles. The Kier molecular flexibility index (Phi) is 5.99. The molecule has 6 heteroatoms. The van der Waals surface area contributed by atoms with E-state index < -0.39 is 0 Å². The summed E-state index contributed by atoms with van der Waals surface area (Å²) in [5, 5.41) is 15.8. The number of rotatable bonds is 6. The molecule has 0 saturated carbocycles. The predicted octanol–water partition coefficient (Wildman–Crippen LogP) is 4.10. The highest BCUT2D eigenvalue weighted by Crippen LogP contribution is 2.28. The zero-order valence-corrected chi connectivity index (χ0v) is 15.2. The number of nitrogens with zero attached hydrogens (tertiary/aromatic N) is 1. The molecule has 2 atom stereocenters. The Morgan fingerprint density at radius 1 is 1.12 bits per heavy atom. The first kappa shape index (κ1) is 18.1. The van der Waals surface area contributed by atoms with Crippen molar-refractivity contribution in [3.63, 3.8) is 0 Å². The number of benzene rings is 2. The smallest absolute Gasteiger partial charge is 0.321 e. The lowest BCUT2D eigenvalue weighted by molar-refractivity contribution is 0.215. The van der Waals surface area contributed by atoms with Gasteiger partial charge >= 0.3 is 6.03 Å². The third-order valence-electron chi connectivity index (χ3n) is 4.23. The van der Waals surface area contributed by atoms with E-state index in [1.54, 1.807) is 6.20 Å². The number of amides is 2. The van der Waals surface area contributed by atoms with Gasteiger partial charge in [-0.2, -0.15) is 0 Å². The van der Waals surface area contributed by atoms with Crippen LogP contribution in [-0.2, 0) is 0 Å². The van der Waals surface area contributed by atoms with Crippen molar-refractivity contribution in [1.29, 1.82) is 0 Å². The van der Waals surface area contributed by atoms with Crippen LogP contribution in [0.5, 0.6) is 0 Å². The summed E-state index contributed by atoms with van der Waals surface area (Å²) in [6.07, 6.45) is 1.74. The molecule has 2 unspecified atom stereocenters. The van der Waals surface area contributed by atoms with Crippen molar-refractivity contribution in [3.8, 4) is 10.4 Å². The fourth-order valence-electron chi connectivity index (χ4n) is 2.69. The molecular weight excluding hydrogens is 346 g/mol. The number of carbonyl (C=O) groups is 1. The Balaban J connectivity index is 1.62. The van der Waals surface area contributed by atoms with E-state index in [1.165, 1.54) is 11.3 Å². The number of aromatic nitrogens is 1. The molecule has 1 heterocycles. The maximum Gasteiger partial charge on any atom is 0.321 e. The quantitative estimate of drug-likeness (QED) is 0.614. The Bertz CT molecular complexity index is 837. The molecule has 0 saturated heterocycles. The second-order valence-corrected chi connectivity index (χ2v) is 7.01. The fourth-order valence-corrected chi connectivity index (χ4v) is 3.50. The summed E-state index contributed by atoms with van der Waals surface area (Å²) in [5.74, 6) is -0.0110. The Hall–Kier alpha value is -2.70. The number of nitrogens with one attached hydrogen (secondary N) is 2. The highest BCUT2D eigenvalue weighted by atomic mass is 32.1. The van der Waals surface area contributed by atoms with Crippen LogP contribution in [0.1, 0.15) is 18.4 Å². The molecule has 0 fully saturated rings. The minimum atomic E-state index is -0.383. The molecule has 3 aromatic rings. The van der Waals surface area contributed by atoms with Gasteiger partial charge in [-0.3, -0.25) is 5.32 Å². The maximum absolute atomic E-state index is 12.3. The fraction of sp³-hybridized carbons (Fsp3) is 0.200. The summed E-state index contributed by atoms with van der Waals surface area (Å²) >= 11 is 1.41. The van der Waals surface area contributed by atoms with Gasteiger partial charge in [-0.25, -0.2) is 9.78 Å². The lowest BCUT2D eigenvalue weighted by Gasteiger charge is -2.23.